The van der Waals surface area contributed by atoms with E-state index >= 15 is 0 Å². The first-order valence-electron chi connectivity index (χ1n) is 7.35. The fraction of sp³-hybridized carbons (Fsp3) is 1.00. The predicted molar refractivity (Wildman–Crippen MR) is 71.3 cm³/mol. The Balaban J connectivity index is 3.53. The van der Waals surface area contributed by atoms with E-state index in [4.69, 9.17) is 0 Å². The zero-order valence-electron chi connectivity index (χ0n) is 11.4. The Morgan fingerprint density at radius 2 is 0.933 bits per heavy atom. The molecule has 0 amide bonds. The van der Waals surface area contributed by atoms with Crippen molar-refractivity contribution in [2.24, 2.45) is 5.92 Å². The third-order valence-corrected chi connectivity index (χ3v) is 3.40. The third-order valence-electron chi connectivity index (χ3n) is 3.40. The van der Waals surface area contributed by atoms with Gasteiger partial charge in [-0.05, 0) is 5.92 Å². The van der Waals surface area contributed by atoms with Crippen molar-refractivity contribution in [2.75, 3.05) is 0 Å². The second kappa shape index (κ2) is 12.1. The van der Waals surface area contributed by atoms with E-state index in [1.54, 1.807) is 0 Å². The highest BCUT2D eigenvalue weighted by Crippen LogP contribution is 2.22. The fourth-order valence-corrected chi connectivity index (χ4v) is 2.29. The molecule has 92 valence electrons. The van der Waals surface area contributed by atoms with Crippen LogP contribution >= 0.6 is 0 Å². The maximum absolute atomic E-state index is 2.31. The summed E-state index contributed by atoms with van der Waals surface area (Å²) in [5.74, 6) is 1.04. The molecule has 0 heteroatoms. The molecule has 0 aliphatic rings. The molecule has 0 aromatic carbocycles. The van der Waals surface area contributed by atoms with Crippen LogP contribution in [0.25, 0.3) is 0 Å². The molecular formula is C15H32. The monoisotopic (exact) mass is 212 g/mol. The fourth-order valence-electron chi connectivity index (χ4n) is 2.29. The first-order chi connectivity index (χ1) is 7.35. The molecule has 0 N–H and O–H groups in total. The molecule has 0 saturated heterocycles. The summed E-state index contributed by atoms with van der Waals surface area (Å²) in [6.07, 6.45) is 15.9. The lowest BCUT2D eigenvalue weighted by molar-refractivity contribution is 0.376. The second-order valence-electron chi connectivity index (χ2n) is 5.00. The maximum Gasteiger partial charge on any atom is -0.0414 e. The Morgan fingerprint density at radius 3 is 1.33 bits per heavy atom. The molecule has 0 radical (unpaired) electrons. The molecule has 0 fully saturated rings. The molecule has 0 bridgehead atoms. The van der Waals surface area contributed by atoms with Crippen molar-refractivity contribution in [2.45, 2.75) is 91.4 Å². The van der Waals surface area contributed by atoms with Gasteiger partial charge in [0.1, 0.15) is 0 Å². The average Bonchev–Trinajstić information content (AvgIpc) is 2.25. The molecule has 0 heterocycles. The van der Waals surface area contributed by atoms with Gasteiger partial charge in [-0.25, -0.2) is 0 Å². The molecule has 0 aliphatic heterocycles. The van der Waals surface area contributed by atoms with Gasteiger partial charge in [0.05, 0.1) is 0 Å². The van der Waals surface area contributed by atoms with Gasteiger partial charge in [-0.1, -0.05) is 91.4 Å². The molecule has 0 spiro atoms. The van der Waals surface area contributed by atoms with E-state index in [2.05, 4.69) is 20.8 Å². The SMILES string of the molecule is CCCCCC(CCCC)CCCCC. The second-order valence-corrected chi connectivity index (χ2v) is 5.00. The highest BCUT2D eigenvalue weighted by Gasteiger charge is 2.07. The zero-order chi connectivity index (χ0) is 11.4. The highest BCUT2D eigenvalue weighted by molar-refractivity contribution is 4.60. The van der Waals surface area contributed by atoms with Crippen LogP contribution in [0.1, 0.15) is 91.4 Å². The van der Waals surface area contributed by atoms with Crippen LogP contribution in [0.4, 0.5) is 0 Å². The summed E-state index contributed by atoms with van der Waals surface area (Å²) in [4.78, 5) is 0. The van der Waals surface area contributed by atoms with Crippen LogP contribution < -0.4 is 0 Å². The van der Waals surface area contributed by atoms with Crippen molar-refractivity contribution < 1.29 is 0 Å². The van der Waals surface area contributed by atoms with Crippen LogP contribution in [0.3, 0.4) is 0 Å². The summed E-state index contributed by atoms with van der Waals surface area (Å²) in [5.41, 5.74) is 0. The molecular weight excluding hydrogens is 180 g/mol. The minimum absolute atomic E-state index is 1.04. The van der Waals surface area contributed by atoms with E-state index < -0.39 is 0 Å². The minimum Gasteiger partial charge on any atom is -0.0654 e. The van der Waals surface area contributed by atoms with E-state index in [9.17, 15) is 0 Å². The van der Waals surface area contributed by atoms with Gasteiger partial charge in [0, 0.05) is 0 Å². The summed E-state index contributed by atoms with van der Waals surface area (Å²) in [5, 5.41) is 0. The standard InChI is InChI=1S/C15H32/c1-4-7-10-13-15(12-9-6-3)14-11-8-5-2/h15H,4-14H2,1-3H3. The number of hydrogen-bond donors (Lipinski definition) is 0. The van der Waals surface area contributed by atoms with Crippen molar-refractivity contribution in [1.29, 1.82) is 0 Å². The van der Waals surface area contributed by atoms with Gasteiger partial charge < -0.3 is 0 Å². The Labute approximate surface area is 97.8 Å². The van der Waals surface area contributed by atoms with Crippen molar-refractivity contribution in [3.05, 3.63) is 0 Å². The molecule has 0 aliphatic carbocycles. The molecule has 0 atom stereocenters. The van der Waals surface area contributed by atoms with Crippen molar-refractivity contribution in [1.82, 2.24) is 0 Å². The molecule has 0 aromatic heterocycles. The molecule has 15 heavy (non-hydrogen) atoms. The van der Waals surface area contributed by atoms with Crippen LogP contribution in [0, 0.1) is 5.92 Å². The Hall–Kier alpha value is 0. The van der Waals surface area contributed by atoms with Gasteiger partial charge in [-0.2, -0.15) is 0 Å². The van der Waals surface area contributed by atoms with Crippen LogP contribution in [-0.2, 0) is 0 Å². The minimum atomic E-state index is 1.04. The van der Waals surface area contributed by atoms with Gasteiger partial charge in [0.2, 0.25) is 0 Å². The summed E-state index contributed by atoms with van der Waals surface area (Å²) in [6.45, 7) is 6.92. The third kappa shape index (κ3) is 10.3. The van der Waals surface area contributed by atoms with E-state index in [-0.39, 0.29) is 0 Å². The first kappa shape index (κ1) is 15.0. The lowest BCUT2D eigenvalue weighted by atomic mass is 9.90. The van der Waals surface area contributed by atoms with Crippen molar-refractivity contribution in [3.63, 3.8) is 0 Å². The zero-order valence-corrected chi connectivity index (χ0v) is 11.4. The van der Waals surface area contributed by atoms with Crippen molar-refractivity contribution in [3.8, 4) is 0 Å². The number of rotatable bonds is 11. The summed E-state index contributed by atoms with van der Waals surface area (Å²) >= 11 is 0. The van der Waals surface area contributed by atoms with Crippen molar-refractivity contribution >= 4 is 0 Å². The van der Waals surface area contributed by atoms with Crippen LogP contribution in [0.15, 0.2) is 0 Å². The number of unbranched alkanes of at least 4 members (excludes halogenated alkanes) is 5. The summed E-state index contributed by atoms with van der Waals surface area (Å²) in [7, 11) is 0. The average molecular weight is 212 g/mol. The van der Waals surface area contributed by atoms with Crippen LogP contribution in [-0.4, -0.2) is 0 Å². The number of hydrogen-bond acceptors (Lipinski definition) is 0. The Kier molecular flexibility index (Phi) is 12.1. The molecule has 0 aromatic rings. The van der Waals surface area contributed by atoms with Gasteiger partial charge in [-0.3, -0.25) is 0 Å². The molecule has 0 nitrogen and oxygen atoms in total. The molecule has 0 saturated carbocycles. The normalized spacial score (nSPS) is 11.2. The first-order valence-corrected chi connectivity index (χ1v) is 7.35. The van der Waals surface area contributed by atoms with Crippen LogP contribution in [0.2, 0.25) is 0 Å². The van der Waals surface area contributed by atoms with Gasteiger partial charge in [0.15, 0.2) is 0 Å². The Bertz CT molecular complexity index is 96.6. The Morgan fingerprint density at radius 1 is 0.533 bits per heavy atom. The van der Waals surface area contributed by atoms with Crippen LogP contribution in [0.5, 0.6) is 0 Å². The smallest absolute Gasteiger partial charge is 0.0414 e. The van der Waals surface area contributed by atoms with Gasteiger partial charge in [0.25, 0.3) is 0 Å². The lowest BCUT2D eigenvalue weighted by Crippen LogP contribution is -2.01. The van der Waals surface area contributed by atoms with E-state index in [1.165, 1.54) is 70.6 Å². The van der Waals surface area contributed by atoms with E-state index in [0.717, 1.165) is 5.92 Å². The topological polar surface area (TPSA) is 0 Å². The summed E-state index contributed by atoms with van der Waals surface area (Å²) in [6, 6.07) is 0. The van der Waals surface area contributed by atoms with Gasteiger partial charge >= 0.3 is 0 Å². The maximum atomic E-state index is 2.31. The lowest BCUT2D eigenvalue weighted by Gasteiger charge is -2.16. The van der Waals surface area contributed by atoms with Gasteiger partial charge in [-0.15, -0.1) is 0 Å². The highest BCUT2D eigenvalue weighted by atomic mass is 14.1. The quantitative estimate of drug-likeness (QED) is 0.371. The molecule has 0 unspecified atom stereocenters. The summed E-state index contributed by atoms with van der Waals surface area (Å²) < 4.78 is 0. The largest absolute Gasteiger partial charge is 0.0654 e. The predicted octanol–water partition coefficient (Wildman–Crippen LogP) is 5.95. The van der Waals surface area contributed by atoms with E-state index in [1.807, 2.05) is 0 Å². The van der Waals surface area contributed by atoms with E-state index in [0.29, 0.717) is 0 Å². The molecule has 0 rings (SSSR count).